The van der Waals surface area contributed by atoms with E-state index in [-0.39, 0.29) is 35.8 Å². The van der Waals surface area contributed by atoms with Crippen LogP contribution < -0.4 is 21.3 Å². The van der Waals surface area contributed by atoms with Gasteiger partial charge in [0.25, 0.3) is 0 Å². The molecule has 0 radical (unpaired) electrons. The van der Waals surface area contributed by atoms with Crippen LogP contribution in [0.3, 0.4) is 0 Å². The summed E-state index contributed by atoms with van der Waals surface area (Å²) in [6, 6.07) is 10.3. The van der Waals surface area contributed by atoms with Gasteiger partial charge in [0.1, 0.15) is 0 Å². The van der Waals surface area contributed by atoms with Crippen LogP contribution in [0.15, 0.2) is 47.6 Å². The maximum atomic E-state index is 13.9. The summed E-state index contributed by atoms with van der Waals surface area (Å²) >= 11 is 0. The second-order valence-corrected chi connectivity index (χ2v) is 6.37. The largest absolute Gasteiger partial charge is 0.366 e. The van der Waals surface area contributed by atoms with Crippen molar-refractivity contribution in [3.63, 3.8) is 0 Å². The molecular formula is C19H24FIN6O. The molecule has 1 atom stereocenters. The smallest absolute Gasteiger partial charge is 0.248 e. The molecule has 1 saturated heterocycles. The third kappa shape index (κ3) is 5.54. The van der Waals surface area contributed by atoms with E-state index in [4.69, 9.17) is 5.73 Å². The Morgan fingerprint density at radius 2 is 2.11 bits per heavy atom. The summed E-state index contributed by atoms with van der Waals surface area (Å²) in [6.07, 6.45) is 2.47. The molecular weight excluding hydrogens is 474 g/mol. The Morgan fingerprint density at radius 3 is 2.75 bits per heavy atom. The minimum atomic E-state index is -0.442. The van der Waals surface area contributed by atoms with E-state index in [1.54, 1.807) is 31.4 Å². The first-order valence-electron chi connectivity index (χ1n) is 8.78. The van der Waals surface area contributed by atoms with Crippen LogP contribution >= 0.6 is 24.0 Å². The highest BCUT2D eigenvalue weighted by Crippen LogP contribution is 2.20. The number of guanidine groups is 1. The predicted molar refractivity (Wildman–Crippen MR) is 119 cm³/mol. The fourth-order valence-corrected chi connectivity index (χ4v) is 3.04. The zero-order chi connectivity index (χ0) is 19.2. The van der Waals surface area contributed by atoms with Gasteiger partial charge in [-0.15, -0.1) is 24.0 Å². The fraction of sp³-hybridized carbons (Fsp3) is 0.316. The lowest BCUT2D eigenvalue weighted by Gasteiger charge is -2.20. The summed E-state index contributed by atoms with van der Waals surface area (Å²) in [7, 11) is 1.71. The zero-order valence-electron chi connectivity index (χ0n) is 15.6. The molecule has 150 valence electrons. The van der Waals surface area contributed by atoms with Crippen LogP contribution in [0, 0.1) is 5.82 Å². The molecule has 1 aromatic heterocycles. The molecule has 1 fully saturated rings. The highest BCUT2D eigenvalue weighted by molar-refractivity contribution is 14.0. The lowest BCUT2D eigenvalue weighted by Crippen LogP contribution is -2.44. The molecule has 0 spiro atoms. The summed E-state index contributed by atoms with van der Waals surface area (Å²) in [4.78, 5) is 21.4. The van der Waals surface area contributed by atoms with Crippen molar-refractivity contribution in [3.8, 4) is 0 Å². The van der Waals surface area contributed by atoms with Gasteiger partial charge in [-0.1, -0.05) is 12.1 Å². The van der Waals surface area contributed by atoms with Gasteiger partial charge in [-0.3, -0.25) is 9.79 Å². The maximum absolute atomic E-state index is 13.9. The second-order valence-electron chi connectivity index (χ2n) is 6.37. The van der Waals surface area contributed by atoms with E-state index < -0.39 is 5.91 Å². The Balaban J connectivity index is 0.00000280. The first kappa shape index (κ1) is 21.9. The Morgan fingerprint density at radius 1 is 1.36 bits per heavy atom. The number of carbonyl (C=O) groups is 1. The molecule has 1 aromatic carbocycles. The standard InChI is InChI=1S/C19H23FN6O.HI/c1-22-19(24-11-13-4-6-14(7-5-13)17(21)27)25-15-8-10-26(12-15)18-16(20)3-2-9-23-18;/h2-7,9,15H,8,10-12H2,1H3,(H2,21,27)(H2,22,24,25);1H. The van der Waals surface area contributed by atoms with Crippen LogP contribution in [0.2, 0.25) is 0 Å². The van der Waals surface area contributed by atoms with Crippen LogP contribution in [0.25, 0.3) is 0 Å². The van der Waals surface area contributed by atoms with Gasteiger partial charge in [0.15, 0.2) is 17.6 Å². The van der Waals surface area contributed by atoms with Crippen molar-refractivity contribution in [1.29, 1.82) is 0 Å². The number of rotatable bonds is 5. The molecule has 2 heterocycles. The number of benzene rings is 1. The fourth-order valence-electron chi connectivity index (χ4n) is 3.04. The monoisotopic (exact) mass is 498 g/mol. The summed E-state index contributed by atoms with van der Waals surface area (Å²) in [5.41, 5.74) is 6.73. The van der Waals surface area contributed by atoms with E-state index in [2.05, 4.69) is 20.6 Å². The number of carbonyl (C=O) groups excluding carboxylic acids is 1. The number of nitrogens with one attached hydrogen (secondary N) is 2. The van der Waals surface area contributed by atoms with Gasteiger partial charge in [0.2, 0.25) is 5.91 Å². The van der Waals surface area contributed by atoms with Crippen LogP contribution in [0.5, 0.6) is 0 Å². The van der Waals surface area contributed by atoms with Gasteiger partial charge < -0.3 is 21.3 Å². The molecule has 28 heavy (non-hydrogen) atoms. The minimum Gasteiger partial charge on any atom is -0.366 e. The van der Waals surface area contributed by atoms with E-state index >= 15 is 0 Å². The van der Waals surface area contributed by atoms with E-state index in [9.17, 15) is 9.18 Å². The number of pyridine rings is 1. The lowest BCUT2D eigenvalue weighted by atomic mass is 10.1. The Labute approximate surface area is 180 Å². The van der Waals surface area contributed by atoms with E-state index in [1.165, 1.54) is 6.07 Å². The number of anilines is 1. The number of amides is 1. The van der Waals surface area contributed by atoms with E-state index in [1.807, 2.05) is 17.0 Å². The van der Waals surface area contributed by atoms with E-state index in [0.717, 1.165) is 18.5 Å². The molecule has 4 N–H and O–H groups in total. The van der Waals surface area contributed by atoms with Crippen LogP contribution in [-0.2, 0) is 6.54 Å². The van der Waals surface area contributed by atoms with Gasteiger partial charge >= 0.3 is 0 Å². The van der Waals surface area contributed by atoms with Crippen molar-refractivity contribution in [2.75, 3.05) is 25.0 Å². The molecule has 2 aromatic rings. The van der Waals surface area contributed by atoms with Crippen molar-refractivity contribution < 1.29 is 9.18 Å². The van der Waals surface area contributed by atoms with Gasteiger partial charge in [0.05, 0.1) is 0 Å². The number of hydrogen-bond donors (Lipinski definition) is 3. The molecule has 1 amide bonds. The molecule has 1 aliphatic heterocycles. The third-order valence-corrected chi connectivity index (χ3v) is 4.49. The normalized spacial score (nSPS) is 16.4. The van der Waals surface area contributed by atoms with Gasteiger partial charge in [-0.25, -0.2) is 9.37 Å². The predicted octanol–water partition coefficient (Wildman–Crippen LogP) is 1.88. The number of primary amides is 1. The van der Waals surface area contributed by atoms with Crippen molar-refractivity contribution in [3.05, 3.63) is 59.5 Å². The molecule has 1 aliphatic rings. The van der Waals surface area contributed by atoms with Crippen molar-refractivity contribution in [1.82, 2.24) is 15.6 Å². The molecule has 9 heteroatoms. The minimum absolute atomic E-state index is 0. The highest BCUT2D eigenvalue weighted by atomic mass is 127. The number of nitrogens with zero attached hydrogens (tertiary/aromatic N) is 3. The first-order valence-corrected chi connectivity index (χ1v) is 8.78. The second kappa shape index (κ2) is 10.2. The molecule has 7 nitrogen and oxygen atoms in total. The number of halogens is 2. The summed E-state index contributed by atoms with van der Waals surface area (Å²) in [5.74, 6) is 0.309. The van der Waals surface area contributed by atoms with Crippen LogP contribution in [0.1, 0.15) is 22.3 Å². The SMILES string of the molecule is CN=C(NCc1ccc(C(N)=O)cc1)NC1CCN(c2ncccc2F)C1.I. The number of hydrogen-bond acceptors (Lipinski definition) is 4. The lowest BCUT2D eigenvalue weighted by molar-refractivity contribution is 0.100. The van der Waals surface area contributed by atoms with Crippen molar-refractivity contribution >= 4 is 41.7 Å². The van der Waals surface area contributed by atoms with Gasteiger partial charge in [0, 0.05) is 44.5 Å². The number of aromatic nitrogens is 1. The summed E-state index contributed by atoms with van der Waals surface area (Å²) in [6.45, 7) is 1.95. The third-order valence-electron chi connectivity index (χ3n) is 4.49. The van der Waals surface area contributed by atoms with Crippen molar-refractivity contribution in [2.45, 2.75) is 19.0 Å². The average Bonchev–Trinajstić information content (AvgIpc) is 3.14. The van der Waals surface area contributed by atoms with Crippen LogP contribution in [-0.4, -0.2) is 43.0 Å². The molecule has 3 rings (SSSR count). The Kier molecular flexibility index (Phi) is 7.97. The number of aliphatic imine (C=N–C) groups is 1. The van der Waals surface area contributed by atoms with Crippen molar-refractivity contribution in [2.24, 2.45) is 10.7 Å². The molecule has 0 saturated carbocycles. The van der Waals surface area contributed by atoms with Crippen LogP contribution in [0.4, 0.5) is 10.2 Å². The highest BCUT2D eigenvalue weighted by Gasteiger charge is 2.25. The summed E-state index contributed by atoms with van der Waals surface area (Å²) < 4.78 is 13.9. The Hall–Kier alpha value is -2.43. The average molecular weight is 498 g/mol. The maximum Gasteiger partial charge on any atom is 0.248 e. The van der Waals surface area contributed by atoms with Gasteiger partial charge in [-0.2, -0.15) is 0 Å². The summed E-state index contributed by atoms with van der Waals surface area (Å²) in [5, 5.41) is 6.60. The van der Waals surface area contributed by atoms with E-state index in [0.29, 0.717) is 30.4 Å². The molecule has 1 unspecified atom stereocenters. The molecule has 0 aliphatic carbocycles. The molecule has 0 bridgehead atoms. The first-order chi connectivity index (χ1) is 13.1. The Bertz CT molecular complexity index is 829. The van der Waals surface area contributed by atoms with Gasteiger partial charge in [-0.05, 0) is 36.2 Å². The quantitative estimate of drug-likeness (QED) is 0.333. The zero-order valence-corrected chi connectivity index (χ0v) is 17.9. The topological polar surface area (TPSA) is 95.6 Å². The number of nitrogens with two attached hydrogens (primary N) is 1.